The molecule has 0 radical (unpaired) electrons. The van der Waals surface area contributed by atoms with Crippen molar-refractivity contribution in [2.45, 2.75) is 19.3 Å². The van der Waals surface area contributed by atoms with Crippen molar-refractivity contribution in [3.63, 3.8) is 0 Å². The molecule has 0 aliphatic carbocycles. The molecule has 1 aromatic rings. The largest absolute Gasteiger partial charge is 0.491 e. The summed E-state index contributed by atoms with van der Waals surface area (Å²) in [5.74, 6) is -0.413. The van der Waals surface area contributed by atoms with Crippen LogP contribution >= 0.6 is 12.4 Å². The maximum atomic E-state index is 13.2. The van der Waals surface area contributed by atoms with Gasteiger partial charge in [-0.25, -0.2) is 8.78 Å². The molecule has 0 amide bonds. The number of ether oxygens (including phenoxy) is 1. The molecule has 1 N–H and O–H groups in total. The molecular formula is C13H18ClF2NO. The molecule has 1 aliphatic rings. The maximum Gasteiger partial charge on any atom is 0.167 e. The molecule has 1 aliphatic heterocycles. The van der Waals surface area contributed by atoms with Crippen molar-refractivity contribution < 1.29 is 13.5 Å². The fourth-order valence-corrected chi connectivity index (χ4v) is 2.10. The quantitative estimate of drug-likeness (QED) is 0.913. The number of piperidine rings is 1. The number of hydrogen-bond acceptors (Lipinski definition) is 2. The monoisotopic (exact) mass is 277 g/mol. The molecule has 0 unspecified atom stereocenters. The fourth-order valence-electron chi connectivity index (χ4n) is 2.10. The maximum absolute atomic E-state index is 13.2. The van der Waals surface area contributed by atoms with Crippen LogP contribution in [0.2, 0.25) is 0 Å². The lowest BCUT2D eigenvalue weighted by molar-refractivity contribution is 0.243. The molecule has 0 bridgehead atoms. The van der Waals surface area contributed by atoms with Crippen LogP contribution in [-0.4, -0.2) is 19.7 Å². The summed E-state index contributed by atoms with van der Waals surface area (Å²) in [6.07, 6.45) is 3.23. The highest BCUT2D eigenvalue weighted by molar-refractivity contribution is 5.85. The first-order valence-electron chi connectivity index (χ1n) is 6.04. The molecule has 0 spiro atoms. The van der Waals surface area contributed by atoms with E-state index in [9.17, 15) is 8.78 Å². The third-order valence-corrected chi connectivity index (χ3v) is 3.14. The van der Waals surface area contributed by atoms with Gasteiger partial charge in [0, 0.05) is 6.07 Å². The number of hydrogen-bond donors (Lipinski definition) is 1. The molecule has 2 nitrogen and oxygen atoms in total. The topological polar surface area (TPSA) is 21.3 Å². The van der Waals surface area contributed by atoms with Crippen molar-refractivity contribution >= 4 is 12.4 Å². The first kappa shape index (κ1) is 15.2. The standard InChI is InChI=1S/C13H17F2NO.ClH/c14-11-1-2-13(12(15)9-11)17-8-5-10-3-6-16-7-4-10;/h1-2,9-10,16H,3-8H2;1H. The van der Waals surface area contributed by atoms with E-state index in [0.29, 0.717) is 12.5 Å². The van der Waals surface area contributed by atoms with E-state index in [4.69, 9.17) is 4.74 Å². The van der Waals surface area contributed by atoms with Crippen LogP contribution < -0.4 is 10.1 Å². The van der Waals surface area contributed by atoms with Crippen molar-refractivity contribution in [1.82, 2.24) is 5.32 Å². The number of halogens is 3. The molecule has 0 atom stereocenters. The summed E-state index contributed by atoms with van der Waals surface area (Å²) in [6, 6.07) is 3.40. The molecule has 0 aromatic heterocycles. The lowest BCUT2D eigenvalue weighted by Crippen LogP contribution is -2.28. The van der Waals surface area contributed by atoms with E-state index in [1.807, 2.05) is 0 Å². The average Bonchev–Trinajstić information content (AvgIpc) is 2.33. The summed E-state index contributed by atoms with van der Waals surface area (Å²) in [7, 11) is 0. The van der Waals surface area contributed by atoms with Crippen LogP contribution in [0.1, 0.15) is 19.3 Å². The second-order valence-electron chi connectivity index (χ2n) is 4.41. The van der Waals surface area contributed by atoms with Crippen LogP contribution in [0, 0.1) is 17.6 Å². The predicted molar refractivity (Wildman–Crippen MR) is 69.3 cm³/mol. The molecule has 0 saturated carbocycles. The third-order valence-electron chi connectivity index (χ3n) is 3.14. The Bertz CT molecular complexity index is 370. The fraction of sp³-hybridized carbons (Fsp3) is 0.538. The molecule has 1 aromatic carbocycles. The van der Waals surface area contributed by atoms with E-state index < -0.39 is 11.6 Å². The number of rotatable bonds is 4. The van der Waals surface area contributed by atoms with Gasteiger partial charge in [-0.15, -0.1) is 12.4 Å². The van der Waals surface area contributed by atoms with Gasteiger partial charge in [-0.2, -0.15) is 0 Å². The van der Waals surface area contributed by atoms with Crippen LogP contribution in [0.4, 0.5) is 8.78 Å². The van der Waals surface area contributed by atoms with Gasteiger partial charge >= 0.3 is 0 Å². The van der Waals surface area contributed by atoms with Crippen molar-refractivity contribution in [3.05, 3.63) is 29.8 Å². The smallest absolute Gasteiger partial charge is 0.167 e. The summed E-state index contributed by atoms with van der Waals surface area (Å²) in [4.78, 5) is 0. The van der Waals surface area contributed by atoms with Gasteiger partial charge in [0.2, 0.25) is 0 Å². The van der Waals surface area contributed by atoms with Crippen LogP contribution in [0.15, 0.2) is 18.2 Å². The van der Waals surface area contributed by atoms with Crippen LogP contribution in [0.25, 0.3) is 0 Å². The van der Waals surface area contributed by atoms with Gasteiger partial charge in [-0.1, -0.05) is 0 Å². The molecule has 102 valence electrons. The minimum atomic E-state index is -0.629. The Balaban J connectivity index is 0.00000162. The van der Waals surface area contributed by atoms with Crippen LogP contribution in [0.3, 0.4) is 0 Å². The Labute approximate surface area is 112 Å². The van der Waals surface area contributed by atoms with Gasteiger partial charge in [0.1, 0.15) is 5.82 Å². The minimum Gasteiger partial charge on any atom is -0.491 e. The van der Waals surface area contributed by atoms with Gasteiger partial charge < -0.3 is 10.1 Å². The molecule has 18 heavy (non-hydrogen) atoms. The predicted octanol–water partition coefficient (Wildman–Crippen LogP) is 3.16. The molecule has 1 saturated heterocycles. The zero-order valence-corrected chi connectivity index (χ0v) is 10.9. The highest BCUT2D eigenvalue weighted by Gasteiger charge is 2.13. The second kappa shape index (κ2) is 7.54. The molecular weight excluding hydrogens is 260 g/mol. The normalized spacial score (nSPS) is 16.1. The summed E-state index contributed by atoms with van der Waals surface area (Å²) in [5, 5.41) is 3.30. The highest BCUT2D eigenvalue weighted by atomic mass is 35.5. The Morgan fingerprint density at radius 1 is 1.22 bits per heavy atom. The van der Waals surface area contributed by atoms with Gasteiger partial charge in [0.15, 0.2) is 11.6 Å². The molecule has 1 heterocycles. The van der Waals surface area contributed by atoms with E-state index >= 15 is 0 Å². The Morgan fingerprint density at radius 3 is 2.61 bits per heavy atom. The van der Waals surface area contributed by atoms with Crippen molar-refractivity contribution in [2.75, 3.05) is 19.7 Å². The van der Waals surface area contributed by atoms with E-state index in [-0.39, 0.29) is 18.2 Å². The molecule has 5 heteroatoms. The summed E-state index contributed by atoms with van der Waals surface area (Å²) >= 11 is 0. The Morgan fingerprint density at radius 2 is 1.94 bits per heavy atom. The van der Waals surface area contributed by atoms with E-state index in [1.54, 1.807) is 0 Å². The second-order valence-corrected chi connectivity index (χ2v) is 4.41. The van der Waals surface area contributed by atoms with Gasteiger partial charge in [0.05, 0.1) is 6.61 Å². The van der Waals surface area contributed by atoms with Crippen molar-refractivity contribution in [3.8, 4) is 5.75 Å². The minimum absolute atomic E-state index is 0. The van der Waals surface area contributed by atoms with Crippen LogP contribution in [-0.2, 0) is 0 Å². The zero-order chi connectivity index (χ0) is 12.1. The zero-order valence-electron chi connectivity index (χ0n) is 10.1. The van der Waals surface area contributed by atoms with Crippen molar-refractivity contribution in [1.29, 1.82) is 0 Å². The van der Waals surface area contributed by atoms with E-state index in [2.05, 4.69) is 5.32 Å². The van der Waals surface area contributed by atoms with Gasteiger partial charge in [-0.3, -0.25) is 0 Å². The summed E-state index contributed by atoms with van der Waals surface area (Å²) in [6.45, 7) is 2.60. The SMILES string of the molecule is Cl.Fc1ccc(OCCC2CCNCC2)c(F)c1. The van der Waals surface area contributed by atoms with E-state index in [0.717, 1.165) is 38.4 Å². The van der Waals surface area contributed by atoms with Crippen molar-refractivity contribution in [2.24, 2.45) is 5.92 Å². The first-order valence-corrected chi connectivity index (χ1v) is 6.04. The van der Waals surface area contributed by atoms with Gasteiger partial charge in [0.25, 0.3) is 0 Å². The summed E-state index contributed by atoms with van der Waals surface area (Å²) < 4.78 is 31.2. The Hall–Kier alpha value is -0.870. The van der Waals surface area contributed by atoms with Gasteiger partial charge in [-0.05, 0) is 50.4 Å². The average molecular weight is 278 g/mol. The van der Waals surface area contributed by atoms with Crippen LogP contribution in [0.5, 0.6) is 5.75 Å². The lowest BCUT2D eigenvalue weighted by Gasteiger charge is -2.22. The first-order chi connectivity index (χ1) is 8.25. The third kappa shape index (κ3) is 4.42. The molecule has 2 rings (SSSR count). The highest BCUT2D eigenvalue weighted by Crippen LogP contribution is 2.20. The summed E-state index contributed by atoms with van der Waals surface area (Å²) in [5.41, 5.74) is 0. The Kier molecular flexibility index (Phi) is 6.36. The number of nitrogens with one attached hydrogen (secondary N) is 1. The van der Waals surface area contributed by atoms with E-state index in [1.165, 1.54) is 12.1 Å². The lowest BCUT2D eigenvalue weighted by atomic mass is 9.95. The molecule has 1 fully saturated rings. The number of benzene rings is 1.